The van der Waals surface area contributed by atoms with Crippen molar-refractivity contribution in [3.63, 3.8) is 0 Å². The van der Waals surface area contributed by atoms with Crippen LogP contribution in [0.15, 0.2) is 58.6 Å². The van der Waals surface area contributed by atoms with E-state index in [4.69, 9.17) is 16.3 Å². The summed E-state index contributed by atoms with van der Waals surface area (Å²) in [6.07, 6.45) is 3.50. The zero-order valence-electron chi connectivity index (χ0n) is 16.0. The van der Waals surface area contributed by atoms with Crippen LogP contribution in [0.2, 0.25) is 5.02 Å². The largest absolute Gasteiger partial charge is 0.493 e. The summed E-state index contributed by atoms with van der Waals surface area (Å²) >= 11 is 7.29. The van der Waals surface area contributed by atoms with E-state index >= 15 is 0 Å². The quantitative estimate of drug-likeness (QED) is 0.552. The first-order chi connectivity index (χ1) is 14.5. The summed E-state index contributed by atoms with van der Waals surface area (Å²) in [7, 11) is 0. The zero-order valence-corrected chi connectivity index (χ0v) is 17.6. The molecular formula is C22H17ClFN3O2S. The van der Waals surface area contributed by atoms with Crippen LogP contribution in [0, 0.1) is 5.82 Å². The van der Waals surface area contributed by atoms with E-state index in [0.717, 1.165) is 27.8 Å². The predicted molar refractivity (Wildman–Crippen MR) is 119 cm³/mol. The molecule has 2 aromatic carbocycles. The van der Waals surface area contributed by atoms with Gasteiger partial charge in [-0.25, -0.2) is 4.39 Å². The van der Waals surface area contributed by atoms with Gasteiger partial charge in [-0.2, -0.15) is 4.99 Å². The lowest BCUT2D eigenvalue weighted by Crippen LogP contribution is -2.18. The second-order valence-electron chi connectivity index (χ2n) is 6.44. The molecule has 1 aliphatic heterocycles. The van der Waals surface area contributed by atoms with Gasteiger partial charge in [-0.3, -0.25) is 9.78 Å². The molecule has 0 aliphatic carbocycles. The number of halogens is 2. The van der Waals surface area contributed by atoms with Crippen LogP contribution in [0.3, 0.4) is 0 Å². The van der Waals surface area contributed by atoms with E-state index < -0.39 is 5.82 Å². The third-order valence-corrected chi connectivity index (χ3v) is 5.68. The molecular weight excluding hydrogens is 425 g/mol. The average Bonchev–Trinajstić information content (AvgIpc) is 3.07. The van der Waals surface area contributed by atoms with Crippen molar-refractivity contribution in [1.29, 1.82) is 0 Å². The summed E-state index contributed by atoms with van der Waals surface area (Å²) in [6.45, 7) is 2.82. The molecule has 0 bridgehead atoms. The summed E-state index contributed by atoms with van der Waals surface area (Å²) in [4.78, 5) is 21.2. The maximum Gasteiger partial charge on any atom is 0.286 e. The highest BCUT2D eigenvalue weighted by molar-refractivity contribution is 8.18. The summed E-state index contributed by atoms with van der Waals surface area (Å²) < 4.78 is 18.8. The van der Waals surface area contributed by atoms with Crippen molar-refractivity contribution in [1.82, 2.24) is 10.3 Å². The van der Waals surface area contributed by atoms with E-state index in [2.05, 4.69) is 15.3 Å². The molecule has 0 saturated carbocycles. The van der Waals surface area contributed by atoms with Crippen LogP contribution in [0.4, 0.5) is 4.39 Å². The molecule has 0 spiro atoms. The fourth-order valence-electron chi connectivity index (χ4n) is 2.98. The number of thioether (sulfide) groups is 1. The second kappa shape index (κ2) is 8.85. The minimum atomic E-state index is -0.394. The number of pyridine rings is 1. The molecule has 4 rings (SSSR count). The minimum absolute atomic E-state index is 0.316. The average molecular weight is 442 g/mol. The fourth-order valence-corrected chi connectivity index (χ4v) is 4.03. The van der Waals surface area contributed by atoms with Gasteiger partial charge in [-0.1, -0.05) is 23.7 Å². The van der Waals surface area contributed by atoms with Crippen molar-refractivity contribution < 1.29 is 13.9 Å². The highest BCUT2D eigenvalue weighted by Crippen LogP contribution is 2.30. The predicted octanol–water partition coefficient (Wildman–Crippen LogP) is 5.19. The molecule has 3 aromatic rings. The lowest BCUT2D eigenvalue weighted by molar-refractivity contribution is -0.113. The highest BCUT2D eigenvalue weighted by atomic mass is 35.5. The molecule has 1 amide bonds. The van der Waals surface area contributed by atoms with Gasteiger partial charge in [-0.15, -0.1) is 0 Å². The number of carbonyl (C=O) groups is 1. The van der Waals surface area contributed by atoms with E-state index in [1.54, 1.807) is 18.3 Å². The van der Waals surface area contributed by atoms with E-state index in [1.165, 1.54) is 23.9 Å². The number of rotatable bonds is 5. The molecule has 152 valence electrons. The van der Waals surface area contributed by atoms with Gasteiger partial charge in [0.25, 0.3) is 5.91 Å². The maximum atomic E-state index is 13.2. The minimum Gasteiger partial charge on any atom is -0.493 e. The van der Waals surface area contributed by atoms with Crippen molar-refractivity contribution in [3.8, 4) is 5.75 Å². The van der Waals surface area contributed by atoms with Gasteiger partial charge in [0, 0.05) is 23.2 Å². The van der Waals surface area contributed by atoms with Crippen LogP contribution in [0.25, 0.3) is 17.0 Å². The molecule has 0 atom stereocenters. The van der Waals surface area contributed by atoms with Gasteiger partial charge in [-0.05, 0) is 66.2 Å². The van der Waals surface area contributed by atoms with E-state index in [-0.39, 0.29) is 5.91 Å². The van der Waals surface area contributed by atoms with E-state index in [0.29, 0.717) is 28.2 Å². The van der Waals surface area contributed by atoms with Crippen molar-refractivity contribution >= 4 is 51.4 Å². The van der Waals surface area contributed by atoms with Crippen LogP contribution in [-0.4, -0.2) is 22.7 Å². The number of aliphatic imine (C=N–C) groups is 1. The lowest BCUT2D eigenvalue weighted by atomic mass is 10.1. The summed E-state index contributed by atoms with van der Waals surface area (Å²) in [5.41, 5.74) is 2.39. The number of hydrogen-bond acceptors (Lipinski definition) is 5. The number of amidine groups is 1. The number of carbonyl (C=O) groups excluding carboxylic acids is 1. The Labute approximate surface area is 182 Å². The first-order valence-electron chi connectivity index (χ1n) is 9.25. The fraction of sp³-hybridized carbons (Fsp3) is 0.136. The number of ether oxygens (including phenoxy) is 1. The van der Waals surface area contributed by atoms with Gasteiger partial charge in [0.2, 0.25) is 0 Å². The molecule has 1 aliphatic rings. The molecule has 0 radical (unpaired) electrons. The maximum absolute atomic E-state index is 13.2. The molecule has 0 saturated heterocycles. The van der Waals surface area contributed by atoms with Crippen molar-refractivity contribution in [3.05, 3.63) is 75.5 Å². The monoisotopic (exact) mass is 441 g/mol. The molecule has 30 heavy (non-hydrogen) atoms. The Hall–Kier alpha value is -2.90. The molecule has 0 fully saturated rings. The Kier molecular flexibility index (Phi) is 6.01. The molecule has 1 N–H and O–H groups in total. The van der Waals surface area contributed by atoms with Crippen LogP contribution in [0.5, 0.6) is 5.75 Å². The molecule has 5 nitrogen and oxygen atoms in total. The van der Waals surface area contributed by atoms with E-state index in [1.807, 2.05) is 31.2 Å². The van der Waals surface area contributed by atoms with Gasteiger partial charge in [0.1, 0.15) is 11.6 Å². The first-order valence-corrected chi connectivity index (χ1v) is 10.4. The molecule has 0 unspecified atom stereocenters. The van der Waals surface area contributed by atoms with Gasteiger partial charge in [0.15, 0.2) is 5.17 Å². The molecule has 2 heterocycles. The normalized spacial score (nSPS) is 15.0. The number of nitrogens with one attached hydrogen (secondary N) is 1. The Morgan fingerprint density at radius 1 is 1.23 bits per heavy atom. The van der Waals surface area contributed by atoms with Gasteiger partial charge in [0.05, 0.1) is 17.0 Å². The van der Waals surface area contributed by atoms with E-state index in [9.17, 15) is 9.18 Å². The third kappa shape index (κ3) is 4.47. The number of aromatic nitrogens is 1. The second-order valence-corrected chi connectivity index (χ2v) is 7.88. The van der Waals surface area contributed by atoms with Crippen LogP contribution < -0.4 is 10.1 Å². The summed E-state index contributed by atoms with van der Waals surface area (Å²) in [5, 5.41) is 4.76. The molecule has 1 aromatic heterocycles. The van der Waals surface area contributed by atoms with Gasteiger partial charge < -0.3 is 10.1 Å². The molecule has 8 heteroatoms. The summed E-state index contributed by atoms with van der Waals surface area (Å²) in [6, 6.07) is 11.8. The van der Waals surface area contributed by atoms with Crippen molar-refractivity contribution in [2.45, 2.75) is 13.5 Å². The standard InChI is InChI=1S/C22H17ClFN3O2S/c1-2-29-19-7-8-25-18-6-3-13(9-16(18)19)10-20-21(28)27-22(30-20)26-12-14-4-5-15(24)11-17(14)23/h3-11H,2,12H2,1H3,(H,26,27,28)/b20-10-. The topological polar surface area (TPSA) is 63.6 Å². The summed E-state index contributed by atoms with van der Waals surface area (Å²) in [5.74, 6) is 0.0433. The van der Waals surface area contributed by atoms with Crippen LogP contribution in [0.1, 0.15) is 18.1 Å². The van der Waals surface area contributed by atoms with Crippen LogP contribution >= 0.6 is 23.4 Å². The number of amides is 1. The lowest BCUT2D eigenvalue weighted by Gasteiger charge is -2.08. The number of nitrogens with zero attached hydrogens (tertiary/aromatic N) is 2. The Morgan fingerprint density at radius 3 is 2.90 bits per heavy atom. The third-order valence-electron chi connectivity index (χ3n) is 4.39. The number of benzene rings is 2. The number of hydrogen-bond donors (Lipinski definition) is 1. The van der Waals surface area contributed by atoms with Crippen LogP contribution in [-0.2, 0) is 11.3 Å². The Balaban J connectivity index is 1.50. The smallest absolute Gasteiger partial charge is 0.286 e. The number of fused-ring (bicyclic) bond motifs is 1. The highest BCUT2D eigenvalue weighted by Gasteiger charge is 2.22. The van der Waals surface area contributed by atoms with Gasteiger partial charge >= 0.3 is 0 Å². The zero-order chi connectivity index (χ0) is 21.1. The van der Waals surface area contributed by atoms with Crippen molar-refractivity contribution in [2.75, 3.05) is 6.61 Å². The Morgan fingerprint density at radius 2 is 2.10 bits per heavy atom. The SMILES string of the molecule is CCOc1ccnc2ccc(/C=C3\SC(NCc4ccc(F)cc4Cl)=NC3=O)cc12. The Bertz CT molecular complexity index is 1200. The van der Waals surface area contributed by atoms with Crippen molar-refractivity contribution in [2.24, 2.45) is 4.99 Å². The first kappa shape index (κ1) is 20.4.